The van der Waals surface area contributed by atoms with E-state index < -0.39 is 6.10 Å². The van der Waals surface area contributed by atoms with Crippen molar-refractivity contribution in [3.8, 4) is 11.5 Å². The van der Waals surface area contributed by atoms with Gasteiger partial charge < -0.3 is 34.3 Å². The highest BCUT2D eigenvalue weighted by atomic mass is 16.5. The van der Waals surface area contributed by atoms with Crippen LogP contribution in [0.3, 0.4) is 0 Å². The molecule has 2 aliphatic rings. The van der Waals surface area contributed by atoms with Crippen molar-refractivity contribution >= 4 is 5.96 Å². The Balaban J connectivity index is 1.55. The van der Waals surface area contributed by atoms with Gasteiger partial charge in [-0.05, 0) is 50.8 Å². The molecule has 0 saturated carbocycles. The van der Waals surface area contributed by atoms with Crippen molar-refractivity contribution in [3.63, 3.8) is 0 Å². The maximum atomic E-state index is 10.8. The molecule has 3 rings (SSSR count). The van der Waals surface area contributed by atoms with E-state index in [1.54, 1.807) is 26.4 Å². The number of nitrogens with zero attached hydrogens (tertiary/aromatic N) is 2. The summed E-state index contributed by atoms with van der Waals surface area (Å²) >= 11 is 0. The number of hydrogen-bond donors (Lipinski definition) is 2. The number of ether oxygens (including phenoxy) is 4. The third kappa shape index (κ3) is 6.72. The van der Waals surface area contributed by atoms with Crippen LogP contribution < -0.4 is 14.8 Å². The van der Waals surface area contributed by atoms with E-state index in [4.69, 9.17) is 23.9 Å². The summed E-state index contributed by atoms with van der Waals surface area (Å²) in [6, 6.07) is 5.41. The molecule has 2 atom stereocenters. The monoisotopic (exact) mass is 435 g/mol. The van der Waals surface area contributed by atoms with Gasteiger partial charge in [-0.1, -0.05) is 0 Å². The van der Waals surface area contributed by atoms with Gasteiger partial charge in [0.1, 0.15) is 17.6 Å². The van der Waals surface area contributed by atoms with Gasteiger partial charge in [0.2, 0.25) is 0 Å². The second-order valence-corrected chi connectivity index (χ2v) is 7.97. The molecule has 0 radical (unpaired) electrons. The number of likely N-dealkylation sites (tertiary alicyclic amines) is 1. The molecule has 2 N–H and O–H groups in total. The zero-order valence-corrected chi connectivity index (χ0v) is 19.0. The van der Waals surface area contributed by atoms with Gasteiger partial charge in [-0.2, -0.15) is 0 Å². The van der Waals surface area contributed by atoms with Crippen LogP contribution in [-0.2, 0) is 9.47 Å². The van der Waals surface area contributed by atoms with Crippen LogP contribution in [0.1, 0.15) is 44.3 Å². The SMILES string of the molecule is CCNC(=NCC(O)c1cc(OC)ccc1OC)N1CCC(OCC2CCCO2)CC1. The first-order valence-electron chi connectivity index (χ1n) is 11.3. The topological polar surface area (TPSA) is 84.8 Å². The van der Waals surface area contributed by atoms with Crippen LogP contribution in [0.15, 0.2) is 23.2 Å². The lowest BCUT2D eigenvalue weighted by Gasteiger charge is -2.34. The number of piperidine rings is 1. The molecule has 0 aromatic heterocycles. The molecule has 0 bridgehead atoms. The molecule has 8 nitrogen and oxygen atoms in total. The van der Waals surface area contributed by atoms with E-state index in [1.807, 2.05) is 6.07 Å². The Morgan fingerprint density at radius 1 is 1.26 bits per heavy atom. The Bertz CT molecular complexity index is 700. The number of methoxy groups -OCH3 is 2. The second-order valence-electron chi connectivity index (χ2n) is 7.97. The van der Waals surface area contributed by atoms with Gasteiger partial charge in [-0.3, -0.25) is 4.99 Å². The average Bonchev–Trinajstić information content (AvgIpc) is 3.34. The number of guanidine groups is 1. The fourth-order valence-corrected chi connectivity index (χ4v) is 4.05. The summed E-state index contributed by atoms with van der Waals surface area (Å²) in [7, 11) is 3.20. The van der Waals surface area contributed by atoms with E-state index in [-0.39, 0.29) is 18.8 Å². The van der Waals surface area contributed by atoms with E-state index in [2.05, 4.69) is 17.1 Å². The Morgan fingerprint density at radius 3 is 2.71 bits per heavy atom. The van der Waals surface area contributed by atoms with Crippen LogP contribution in [0.25, 0.3) is 0 Å². The first-order valence-corrected chi connectivity index (χ1v) is 11.3. The molecular formula is C23H37N3O5. The second kappa shape index (κ2) is 12.1. The first kappa shape index (κ1) is 23.6. The van der Waals surface area contributed by atoms with Crippen molar-refractivity contribution in [2.45, 2.75) is 50.9 Å². The van der Waals surface area contributed by atoms with E-state index in [0.717, 1.165) is 57.9 Å². The summed E-state index contributed by atoms with van der Waals surface area (Å²) in [5.41, 5.74) is 0.669. The number of aliphatic hydroxyl groups excluding tert-OH is 1. The van der Waals surface area contributed by atoms with Crippen molar-refractivity contribution in [2.24, 2.45) is 4.99 Å². The molecule has 2 heterocycles. The van der Waals surface area contributed by atoms with Crippen molar-refractivity contribution in [1.29, 1.82) is 0 Å². The summed E-state index contributed by atoms with van der Waals surface area (Å²) < 4.78 is 22.4. The fourth-order valence-electron chi connectivity index (χ4n) is 4.05. The maximum Gasteiger partial charge on any atom is 0.194 e. The number of nitrogens with one attached hydrogen (secondary N) is 1. The molecule has 8 heteroatoms. The Labute approximate surface area is 185 Å². The van der Waals surface area contributed by atoms with Crippen LogP contribution in [-0.4, -0.2) is 81.8 Å². The van der Waals surface area contributed by atoms with E-state index in [1.165, 1.54) is 0 Å². The Morgan fingerprint density at radius 2 is 2.06 bits per heavy atom. The molecule has 2 aliphatic heterocycles. The van der Waals surface area contributed by atoms with Gasteiger partial charge in [0, 0.05) is 31.8 Å². The molecule has 0 spiro atoms. The van der Waals surface area contributed by atoms with Gasteiger partial charge in [-0.15, -0.1) is 0 Å². The zero-order chi connectivity index (χ0) is 22.1. The fraction of sp³-hybridized carbons (Fsp3) is 0.696. The van der Waals surface area contributed by atoms with Crippen molar-refractivity contribution in [2.75, 3.05) is 53.6 Å². The smallest absolute Gasteiger partial charge is 0.194 e. The third-order valence-electron chi connectivity index (χ3n) is 5.83. The predicted molar refractivity (Wildman–Crippen MR) is 120 cm³/mol. The van der Waals surface area contributed by atoms with Crippen LogP contribution >= 0.6 is 0 Å². The van der Waals surface area contributed by atoms with Crippen molar-refractivity contribution < 1.29 is 24.1 Å². The quantitative estimate of drug-likeness (QED) is 0.455. The largest absolute Gasteiger partial charge is 0.497 e. The molecule has 2 fully saturated rings. The molecule has 0 aliphatic carbocycles. The lowest BCUT2D eigenvalue weighted by Crippen LogP contribution is -2.47. The van der Waals surface area contributed by atoms with E-state index in [9.17, 15) is 5.11 Å². The predicted octanol–water partition coefficient (Wildman–Crippen LogP) is 2.36. The van der Waals surface area contributed by atoms with Crippen LogP contribution in [0, 0.1) is 0 Å². The lowest BCUT2D eigenvalue weighted by molar-refractivity contribution is -0.0367. The van der Waals surface area contributed by atoms with Crippen LogP contribution in [0.2, 0.25) is 0 Å². The number of rotatable bonds is 9. The zero-order valence-electron chi connectivity index (χ0n) is 19.0. The summed E-state index contributed by atoms with van der Waals surface area (Å²) in [4.78, 5) is 6.94. The Kier molecular flexibility index (Phi) is 9.24. The minimum absolute atomic E-state index is 0.237. The van der Waals surface area contributed by atoms with Gasteiger partial charge in [0.15, 0.2) is 5.96 Å². The third-order valence-corrected chi connectivity index (χ3v) is 5.83. The molecule has 0 amide bonds. The number of benzene rings is 1. The summed E-state index contributed by atoms with van der Waals surface area (Å²) in [5, 5.41) is 14.1. The molecule has 31 heavy (non-hydrogen) atoms. The minimum atomic E-state index is -0.786. The van der Waals surface area contributed by atoms with Gasteiger partial charge in [0.25, 0.3) is 0 Å². The summed E-state index contributed by atoms with van der Waals surface area (Å²) in [6.45, 7) is 6.37. The molecule has 1 aromatic rings. The molecule has 1 aromatic carbocycles. The van der Waals surface area contributed by atoms with Crippen LogP contribution in [0.5, 0.6) is 11.5 Å². The van der Waals surface area contributed by atoms with Crippen molar-refractivity contribution in [3.05, 3.63) is 23.8 Å². The van der Waals surface area contributed by atoms with Gasteiger partial charge in [-0.25, -0.2) is 0 Å². The molecule has 2 saturated heterocycles. The highest BCUT2D eigenvalue weighted by molar-refractivity contribution is 5.80. The van der Waals surface area contributed by atoms with E-state index >= 15 is 0 Å². The highest BCUT2D eigenvalue weighted by Crippen LogP contribution is 2.29. The normalized spacial score (nSPS) is 21.2. The molecule has 2 unspecified atom stereocenters. The minimum Gasteiger partial charge on any atom is -0.497 e. The van der Waals surface area contributed by atoms with Crippen LogP contribution in [0.4, 0.5) is 0 Å². The summed E-state index contributed by atoms with van der Waals surface area (Å²) in [6.07, 6.45) is 3.93. The van der Waals surface area contributed by atoms with Gasteiger partial charge in [0.05, 0.1) is 39.6 Å². The standard InChI is InChI=1S/C23H37N3O5/c1-4-24-23(25-15-21(27)20-14-18(28-2)7-8-22(20)29-3)26-11-9-17(10-12-26)31-16-19-6-5-13-30-19/h7-8,14,17,19,21,27H,4-6,9-13,15-16H2,1-3H3,(H,24,25). The first-order chi connectivity index (χ1) is 15.1. The number of aliphatic imine (C=N–C) groups is 1. The summed E-state index contributed by atoms with van der Waals surface area (Å²) in [5.74, 6) is 2.12. The highest BCUT2D eigenvalue weighted by Gasteiger charge is 2.24. The molecule has 174 valence electrons. The van der Waals surface area contributed by atoms with E-state index in [0.29, 0.717) is 23.7 Å². The average molecular weight is 436 g/mol. The van der Waals surface area contributed by atoms with Crippen molar-refractivity contribution in [1.82, 2.24) is 10.2 Å². The Hall–Kier alpha value is -2.03. The molecular weight excluding hydrogens is 398 g/mol. The lowest BCUT2D eigenvalue weighted by atomic mass is 10.1. The van der Waals surface area contributed by atoms with Gasteiger partial charge >= 0.3 is 0 Å². The number of hydrogen-bond acceptors (Lipinski definition) is 6. The maximum absolute atomic E-state index is 10.8. The number of aliphatic hydroxyl groups is 1.